The van der Waals surface area contributed by atoms with Crippen LogP contribution in [0.5, 0.6) is 5.75 Å². The number of benzene rings is 1. The SMILES string of the molecule is CC(C)n1cc(-c2ccc(O)c3c2C[C@H]2C[C@H]4[C@H](N(C)C)C(=O)C(C(N)=O)=C(O)[C@@]4(O)C(=O)C2=C3O)cn1. The number of carbonyl (C=O) groups excluding carboxylic acids is 3. The highest BCUT2D eigenvalue weighted by Gasteiger charge is 2.64. The molecular formula is C27H30N4O7. The van der Waals surface area contributed by atoms with Gasteiger partial charge in [0.2, 0.25) is 5.78 Å². The van der Waals surface area contributed by atoms with E-state index in [4.69, 9.17) is 5.73 Å². The average molecular weight is 523 g/mol. The van der Waals surface area contributed by atoms with E-state index >= 15 is 0 Å². The van der Waals surface area contributed by atoms with Crippen LogP contribution in [0, 0.1) is 11.8 Å². The van der Waals surface area contributed by atoms with E-state index in [1.165, 1.54) is 11.0 Å². The van der Waals surface area contributed by atoms with Gasteiger partial charge in [0.05, 0.1) is 17.8 Å². The van der Waals surface area contributed by atoms with Crippen molar-refractivity contribution in [1.82, 2.24) is 14.7 Å². The van der Waals surface area contributed by atoms with Crippen molar-refractivity contribution in [1.29, 1.82) is 0 Å². The lowest BCUT2D eigenvalue weighted by atomic mass is 9.57. The zero-order valence-electron chi connectivity index (χ0n) is 21.5. The van der Waals surface area contributed by atoms with Crippen LogP contribution in [0.2, 0.25) is 0 Å². The number of hydrogen-bond acceptors (Lipinski definition) is 9. The van der Waals surface area contributed by atoms with Gasteiger partial charge >= 0.3 is 0 Å². The van der Waals surface area contributed by atoms with Gasteiger partial charge in [-0.1, -0.05) is 6.07 Å². The van der Waals surface area contributed by atoms with Crippen LogP contribution in [-0.4, -0.2) is 78.3 Å². The summed E-state index contributed by atoms with van der Waals surface area (Å²) in [7, 11) is 3.13. The Labute approximate surface area is 218 Å². The summed E-state index contributed by atoms with van der Waals surface area (Å²) in [6, 6.07) is 2.12. The number of amides is 1. The minimum absolute atomic E-state index is 0.0338. The van der Waals surface area contributed by atoms with Gasteiger partial charge in [-0.15, -0.1) is 0 Å². The molecule has 1 heterocycles. The minimum atomic E-state index is -2.66. The standard InChI is InChI=1S/C27H30N4O7/c1-11(2)31-10-13(9-29-31)14-5-6-17(32)19-15(14)7-12-8-16-21(30(3)4)23(34)20(26(28)37)25(36)27(16,38)24(35)18(12)22(19)33/h5-6,9-12,16,21,32-33,36,38H,7-8H2,1-4H3,(H2,28,37)/t12-,16-,21-,27-/m0/s1. The molecule has 0 saturated heterocycles. The van der Waals surface area contributed by atoms with Crippen LogP contribution in [0.3, 0.4) is 0 Å². The normalized spacial score (nSPS) is 27.1. The second kappa shape index (κ2) is 8.53. The number of phenols is 1. The molecule has 0 spiro atoms. The van der Waals surface area contributed by atoms with Crippen LogP contribution in [0.1, 0.15) is 37.4 Å². The number of nitrogens with zero attached hydrogens (tertiary/aromatic N) is 3. The lowest BCUT2D eigenvalue weighted by molar-refractivity contribution is -0.153. The largest absolute Gasteiger partial charge is 0.508 e. The van der Waals surface area contributed by atoms with Gasteiger partial charge in [0.1, 0.15) is 22.8 Å². The summed E-state index contributed by atoms with van der Waals surface area (Å²) in [4.78, 5) is 40.6. The number of nitrogens with two attached hydrogens (primary N) is 1. The van der Waals surface area contributed by atoms with E-state index in [9.17, 15) is 34.8 Å². The van der Waals surface area contributed by atoms with E-state index in [0.717, 1.165) is 5.56 Å². The van der Waals surface area contributed by atoms with Gasteiger partial charge < -0.3 is 26.2 Å². The number of Topliss-reactive ketones (excluding diaryl/α,β-unsaturated/α-hetero) is 2. The summed E-state index contributed by atoms with van der Waals surface area (Å²) in [5, 5.41) is 49.1. The molecule has 11 heteroatoms. The molecule has 1 fully saturated rings. The Hall–Kier alpha value is -3.96. The van der Waals surface area contributed by atoms with Crippen molar-refractivity contribution >= 4 is 23.2 Å². The molecule has 2 aromatic rings. The molecule has 11 nitrogen and oxygen atoms in total. The Balaban J connectivity index is 1.72. The number of likely N-dealkylation sites (N-methyl/N-ethyl adjacent to an activating group) is 1. The van der Waals surface area contributed by atoms with Gasteiger partial charge in [-0.05, 0) is 63.9 Å². The molecular weight excluding hydrogens is 492 g/mol. The maximum Gasteiger partial charge on any atom is 0.255 e. The number of aromatic hydroxyl groups is 1. The molecule has 0 aliphatic heterocycles. The molecule has 1 aromatic carbocycles. The average Bonchev–Trinajstić information content (AvgIpc) is 3.31. The van der Waals surface area contributed by atoms with Crippen molar-refractivity contribution in [2.24, 2.45) is 17.6 Å². The van der Waals surface area contributed by atoms with Crippen LogP contribution < -0.4 is 5.73 Å². The molecule has 200 valence electrons. The predicted molar refractivity (Wildman–Crippen MR) is 136 cm³/mol. The second-order valence-corrected chi connectivity index (χ2v) is 10.8. The van der Waals surface area contributed by atoms with Gasteiger partial charge in [0.15, 0.2) is 11.4 Å². The number of primary amides is 1. The van der Waals surface area contributed by atoms with Gasteiger partial charge in [0.25, 0.3) is 5.91 Å². The lowest BCUT2D eigenvalue weighted by Gasteiger charge is -2.50. The van der Waals surface area contributed by atoms with Crippen LogP contribution >= 0.6 is 0 Å². The third kappa shape index (κ3) is 3.35. The quantitative estimate of drug-likeness (QED) is 0.371. The molecule has 1 aromatic heterocycles. The first-order valence-electron chi connectivity index (χ1n) is 12.3. The number of ketones is 2. The summed E-state index contributed by atoms with van der Waals surface area (Å²) in [5.74, 6) is -6.72. The Morgan fingerprint density at radius 2 is 1.89 bits per heavy atom. The highest BCUT2D eigenvalue weighted by Crippen LogP contribution is 2.53. The van der Waals surface area contributed by atoms with Crippen molar-refractivity contribution in [3.05, 3.63) is 52.6 Å². The predicted octanol–water partition coefficient (Wildman–Crippen LogP) is 1.41. The summed E-state index contributed by atoms with van der Waals surface area (Å²) >= 11 is 0. The Morgan fingerprint density at radius 3 is 2.47 bits per heavy atom. The molecule has 1 amide bonds. The van der Waals surface area contributed by atoms with Crippen molar-refractivity contribution in [3.8, 4) is 16.9 Å². The molecule has 3 aliphatic carbocycles. The molecule has 1 saturated carbocycles. The molecule has 0 bridgehead atoms. The smallest absolute Gasteiger partial charge is 0.255 e. The zero-order valence-corrected chi connectivity index (χ0v) is 21.5. The number of aromatic nitrogens is 2. The van der Waals surface area contributed by atoms with Crippen LogP contribution in [0.4, 0.5) is 0 Å². The highest BCUT2D eigenvalue weighted by atomic mass is 16.3. The van der Waals surface area contributed by atoms with Gasteiger partial charge in [-0.2, -0.15) is 5.10 Å². The number of hydrogen-bond donors (Lipinski definition) is 5. The first-order valence-corrected chi connectivity index (χ1v) is 12.3. The van der Waals surface area contributed by atoms with Gasteiger partial charge in [0, 0.05) is 29.3 Å². The monoisotopic (exact) mass is 522 g/mol. The number of aliphatic hydroxyl groups excluding tert-OH is 2. The summed E-state index contributed by atoms with van der Waals surface area (Å²) in [6.45, 7) is 3.97. The third-order valence-electron chi connectivity index (χ3n) is 8.05. The molecule has 0 radical (unpaired) electrons. The number of carbonyl (C=O) groups is 3. The van der Waals surface area contributed by atoms with E-state index in [-0.39, 0.29) is 35.8 Å². The molecule has 38 heavy (non-hydrogen) atoms. The fourth-order valence-electron chi connectivity index (χ4n) is 6.27. The lowest BCUT2D eigenvalue weighted by Crippen LogP contribution is -2.65. The van der Waals surface area contributed by atoms with Crippen molar-refractivity contribution in [2.45, 2.75) is 44.4 Å². The van der Waals surface area contributed by atoms with Crippen LogP contribution in [-0.2, 0) is 20.8 Å². The van der Waals surface area contributed by atoms with E-state index in [0.29, 0.717) is 11.1 Å². The van der Waals surface area contributed by atoms with Gasteiger partial charge in [-0.3, -0.25) is 24.0 Å². The summed E-state index contributed by atoms with van der Waals surface area (Å²) < 4.78 is 1.78. The second-order valence-electron chi connectivity index (χ2n) is 10.8. The molecule has 6 N–H and O–H groups in total. The Kier molecular flexibility index (Phi) is 5.77. The van der Waals surface area contributed by atoms with Gasteiger partial charge in [-0.25, -0.2) is 0 Å². The van der Waals surface area contributed by atoms with E-state index in [2.05, 4.69) is 5.10 Å². The summed E-state index contributed by atoms with van der Waals surface area (Å²) in [5.41, 5.74) is 3.80. The van der Waals surface area contributed by atoms with Crippen molar-refractivity contribution in [3.63, 3.8) is 0 Å². The maximum atomic E-state index is 13.9. The number of phenolic OH excluding ortho intramolecular Hbond substituents is 1. The third-order valence-corrected chi connectivity index (χ3v) is 8.05. The van der Waals surface area contributed by atoms with Crippen LogP contribution in [0.25, 0.3) is 16.9 Å². The fraction of sp³-hybridized carbons (Fsp3) is 0.407. The number of fused-ring (bicyclic) bond motifs is 3. The molecule has 5 rings (SSSR count). The molecule has 4 atom stereocenters. The Bertz CT molecular complexity index is 1470. The van der Waals surface area contributed by atoms with Crippen molar-refractivity contribution < 1.29 is 34.8 Å². The zero-order chi connectivity index (χ0) is 27.8. The van der Waals surface area contributed by atoms with E-state index in [1.807, 2.05) is 20.0 Å². The minimum Gasteiger partial charge on any atom is -0.508 e. The highest BCUT2D eigenvalue weighted by molar-refractivity contribution is 6.24. The fourth-order valence-corrected chi connectivity index (χ4v) is 6.27. The first-order chi connectivity index (χ1) is 17.8. The first kappa shape index (κ1) is 25.7. The Morgan fingerprint density at radius 1 is 1.21 bits per heavy atom. The molecule has 0 unspecified atom stereocenters. The van der Waals surface area contributed by atoms with E-state index < -0.39 is 58.0 Å². The van der Waals surface area contributed by atoms with Crippen LogP contribution in [0.15, 0.2) is 41.4 Å². The number of rotatable bonds is 4. The molecule has 3 aliphatic rings. The topological polar surface area (TPSA) is 179 Å². The summed E-state index contributed by atoms with van der Waals surface area (Å²) in [6.07, 6.45) is 3.79. The van der Waals surface area contributed by atoms with E-state index in [1.54, 1.807) is 31.0 Å². The maximum absolute atomic E-state index is 13.9. The number of aliphatic hydroxyl groups is 3. The van der Waals surface area contributed by atoms with Crippen molar-refractivity contribution in [2.75, 3.05) is 14.1 Å².